The lowest BCUT2D eigenvalue weighted by atomic mass is 9.93. The maximum absolute atomic E-state index is 8.34. The summed E-state index contributed by atoms with van der Waals surface area (Å²) in [6.07, 6.45) is 0.934. The first kappa shape index (κ1) is 15.8. The Bertz CT molecular complexity index is 87.2. The molecule has 0 rings (SSSR count). The van der Waals surface area contributed by atoms with Crippen LogP contribution >= 0.6 is 0 Å². The fourth-order valence-corrected chi connectivity index (χ4v) is 0.0791. The Hall–Kier alpha value is -0.510. The SMILES string of the molecule is C.C.CCC(C)(C)C#N. The molecule has 0 bridgehead atoms. The van der Waals surface area contributed by atoms with E-state index in [1.807, 2.05) is 20.8 Å². The van der Waals surface area contributed by atoms with E-state index in [9.17, 15) is 0 Å². The molecule has 0 N–H and O–H groups in total. The fourth-order valence-electron chi connectivity index (χ4n) is 0.0791. The maximum Gasteiger partial charge on any atom is 0.0683 e. The zero-order valence-electron chi connectivity index (χ0n) is 5.15. The molecule has 0 saturated heterocycles. The van der Waals surface area contributed by atoms with Crippen LogP contribution in [-0.2, 0) is 0 Å². The number of hydrogen-bond donors (Lipinski definition) is 0. The zero-order valence-corrected chi connectivity index (χ0v) is 5.15. The second kappa shape index (κ2) is 5.62. The smallest absolute Gasteiger partial charge is 0.0683 e. The van der Waals surface area contributed by atoms with Crippen molar-refractivity contribution in [1.29, 1.82) is 5.26 Å². The van der Waals surface area contributed by atoms with Crippen molar-refractivity contribution >= 4 is 0 Å². The summed E-state index contributed by atoms with van der Waals surface area (Å²) in [5.74, 6) is 0. The van der Waals surface area contributed by atoms with Crippen molar-refractivity contribution in [2.24, 2.45) is 5.41 Å². The Balaban J connectivity index is -0.000000180. The summed E-state index contributed by atoms with van der Waals surface area (Å²) in [6.45, 7) is 5.89. The van der Waals surface area contributed by atoms with Crippen LogP contribution in [0.3, 0.4) is 0 Å². The van der Waals surface area contributed by atoms with E-state index in [0.29, 0.717) is 0 Å². The highest BCUT2D eigenvalue weighted by atomic mass is 14.3. The van der Waals surface area contributed by atoms with E-state index in [1.165, 1.54) is 0 Å². The monoisotopic (exact) mass is 129 g/mol. The van der Waals surface area contributed by atoms with Crippen molar-refractivity contribution in [3.8, 4) is 6.07 Å². The van der Waals surface area contributed by atoms with Crippen molar-refractivity contribution in [3.63, 3.8) is 0 Å². The summed E-state index contributed by atoms with van der Waals surface area (Å²) in [4.78, 5) is 0. The molecule has 0 unspecified atom stereocenters. The van der Waals surface area contributed by atoms with Gasteiger partial charge in [-0.25, -0.2) is 0 Å². The van der Waals surface area contributed by atoms with E-state index in [-0.39, 0.29) is 20.3 Å². The van der Waals surface area contributed by atoms with E-state index in [1.54, 1.807) is 0 Å². The minimum Gasteiger partial charge on any atom is -0.198 e. The van der Waals surface area contributed by atoms with Crippen molar-refractivity contribution < 1.29 is 0 Å². The normalized spacial score (nSPS) is 8.22. The van der Waals surface area contributed by atoms with Gasteiger partial charge >= 0.3 is 0 Å². The summed E-state index contributed by atoms with van der Waals surface area (Å²) >= 11 is 0. The van der Waals surface area contributed by atoms with Crippen LogP contribution in [-0.4, -0.2) is 0 Å². The van der Waals surface area contributed by atoms with E-state index in [2.05, 4.69) is 6.07 Å². The average molecular weight is 129 g/mol. The number of rotatable bonds is 1. The number of nitriles is 1. The molecule has 0 fully saturated rings. The maximum atomic E-state index is 8.34. The topological polar surface area (TPSA) is 23.8 Å². The Morgan fingerprint density at radius 1 is 1.33 bits per heavy atom. The summed E-state index contributed by atoms with van der Waals surface area (Å²) in [7, 11) is 0. The number of nitrogens with zero attached hydrogens (tertiary/aromatic N) is 1. The van der Waals surface area contributed by atoms with Gasteiger partial charge in [-0.05, 0) is 20.3 Å². The third kappa shape index (κ3) is 7.49. The highest BCUT2D eigenvalue weighted by Gasteiger charge is 2.11. The molecule has 56 valence electrons. The minimum atomic E-state index is -0.111. The summed E-state index contributed by atoms with van der Waals surface area (Å²) in [5, 5.41) is 8.34. The Morgan fingerprint density at radius 2 is 1.67 bits per heavy atom. The first-order chi connectivity index (χ1) is 3.12. The second-order valence-corrected chi connectivity index (χ2v) is 2.35. The van der Waals surface area contributed by atoms with Crippen LogP contribution in [0, 0.1) is 16.7 Å². The molecule has 0 aliphatic carbocycles. The van der Waals surface area contributed by atoms with E-state index in [0.717, 1.165) is 6.42 Å². The molecule has 0 atom stereocenters. The van der Waals surface area contributed by atoms with Gasteiger partial charge in [0.2, 0.25) is 0 Å². The molecular weight excluding hydrogens is 110 g/mol. The molecule has 0 saturated carbocycles. The fraction of sp³-hybridized carbons (Fsp3) is 0.875. The minimum absolute atomic E-state index is 0. The van der Waals surface area contributed by atoms with Crippen LogP contribution in [0.4, 0.5) is 0 Å². The zero-order chi connectivity index (χ0) is 5.91. The lowest BCUT2D eigenvalue weighted by Gasteiger charge is -2.08. The number of hydrogen-bond acceptors (Lipinski definition) is 1. The van der Waals surface area contributed by atoms with Crippen molar-refractivity contribution in [3.05, 3.63) is 0 Å². The standard InChI is InChI=1S/C6H11N.2CH4/c1-4-6(2,3)5-7;;/h4H2,1-3H3;2*1H4. The molecule has 0 aromatic heterocycles. The lowest BCUT2D eigenvalue weighted by molar-refractivity contribution is 0.477. The van der Waals surface area contributed by atoms with Crippen LogP contribution in [0.1, 0.15) is 42.0 Å². The van der Waals surface area contributed by atoms with Crippen molar-refractivity contribution in [2.75, 3.05) is 0 Å². The third-order valence-corrected chi connectivity index (χ3v) is 1.19. The molecule has 1 heteroatoms. The largest absolute Gasteiger partial charge is 0.198 e. The first-order valence-corrected chi connectivity index (χ1v) is 2.53. The average Bonchev–Trinajstić information content (AvgIpc) is 1.68. The lowest BCUT2D eigenvalue weighted by Crippen LogP contribution is -2.03. The summed E-state index contributed by atoms with van der Waals surface area (Å²) in [5.41, 5.74) is -0.111. The summed E-state index contributed by atoms with van der Waals surface area (Å²) in [6, 6.07) is 2.19. The Labute approximate surface area is 59.7 Å². The second-order valence-electron chi connectivity index (χ2n) is 2.35. The van der Waals surface area contributed by atoms with Crippen LogP contribution in [0.5, 0.6) is 0 Å². The molecule has 0 aromatic carbocycles. The van der Waals surface area contributed by atoms with Gasteiger partial charge in [0.1, 0.15) is 0 Å². The highest BCUT2D eigenvalue weighted by molar-refractivity contribution is 4.89. The van der Waals surface area contributed by atoms with Gasteiger partial charge < -0.3 is 0 Å². The van der Waals surface area contributed by atoms with Crippen LogP contribution in [0.25, 0.3) is 0 Å². The quantitative estimate of drug-likeness (QED) is 0.533. The van der Waals surface area contributed by atoms with Gasteiger partial charge in [0.05, 0.1) is 11.5 Å². The summed E-state index contributed by atoms with van der Waals surface area (Å²) < 4.78 is 0. The van der Waals surface area contributed by atoms with E-state index in [4.69, 9.17) is 5.26 Å². The molecular formula is C8H19N. The van der Waals surface area contributed by atoms with Crippen LogP contribution < -0.4 is 0 Å². The predicted molar refractivity (Wildman–Crippen MR) is 43.1 cm³/mol. The van der Waals surface area contributed by atoms with Gasteiger partial charge in [0.15, 0.2) is 0 Å². The van der Waals surface area contributed by atoms with Gasteiger partial charge in [0, 0.05) is 0 Å². The van der Waals surface area contributed by atoms with Crippen LogP contribution in [0.15, 0.2) is 0 Å². The molecule has 1 nitrogen and oxygen atoms in total. The van der Waals surface area contributed by atoms with E-state index >= 15 is 0 Å². The molecule has 0 aromatic rings. The molecule has 9 heavy (non-hydrogen) atoms. The van der Waals surface area contributed by atoms with Gasteiger partial charge in [-0.15, -0.1) is 0 Å². The highest BCUT2D eigenvalue weighted by Crippen LogP contribution is 2.16. The van der Waals surface area contributed by atoms with E-state index < -0.39 is 0 Å². The molecule has 0 spiro atoms. The van der Waals surface area contributed by atoms with Crippen molar-refractivity contribution in [2.45, 2.75) is 42.0 Å². The van der Waals surface area contributed by atoms with Crippen molar-refractivity contribution in [1.82, 2.24) is 0 Å². The Morgan fingerprint density at radius 3 is 1.67 bits per heavy atom. The predicted octanol–water partition coefficient (Wildman–Crippen LogP) is 3.22. The van der Waals surface area contributed by atoms with Gasteiger partial charge in [-0.3, -0.25) is 0 Å². The van der Waals surface area contributed by atoms with Gasteiger partial charge in [-0.1, -0.05) is 21.8 Å². The molecule has 0 radical (unpaired) electrons. The third-order valence-electron chi connectivity index (χ3n) is 1.19. The molecule has 0 aliphatic rings. The Kier molecular flexibility index (Phi) is 9.87. The molecule has 0 aliphatic heterocycles. The van der Waals surface area contributed by atoms with Gasteiger partial charge in [-0.2, -0.15) is 5.26 Å². The molecule has 0 amide bonds. The van der Waals surface area contributed by atoms with Gasteiger partial charge in [0.25, 0.3) is 0 Å². The van der Waals surface area contributed by atoms with Crippen LogP contribution in [0.2, 0.25) is 0 Å². The first-order valence-electron chi connectivity index (χ1n) is 2.53. The molecule has 0 heterocycles.